The summed E-state index contributed by atoms with van der Waals surface area (Å²) in [6.07, 6.45) is 0. The number of anilines is 1. The molecule has 4 aromatic rings. The Morgan fingerprint density at radius 2 is 1.79 bits per heavy atom. The standard InChI is InChI=1S/C24H21F2N3O3S/c1-12-20-13(2)27-14(3)28-23(20)33-21(12)22(30)29-16-7-10-19(32-24(25)26)18(11-16)15-5-8-17(31-4)9-6-15/h5-11,24H,1-4H3,(H,29,30). The van der Waals surface area contributed by atoms with Gasteiger partial charge in [-0.15, -0.1) is 11.3 Å². The van der Waals surface area contributed by atoms with Crippen molar-refractivity contribution in [3.63, 3.8) is 0 Å². The number of ether oxygens (including phenoxy) is 2. The van der Waals surface area contributed by atoms with Gasteiger partial charge in [-0.3, -0.25) is 4.79 Å². The number of amides is 1. The second-order valence-electron chi connectivity index (χ2n) is 7.36. The van der Waals surface area contributed by atoms with Crippen LogP contribution in [0.4, 0.5) is 14.5 Å². The minimum absolute atomic E-state index is 0.00702. The molecule has 0 saturated carbocycles. The van der Waals surface area contributed by atoms with Crippen molar-refractivity contribution >= 4 is 33.1 Å². The number of aryl methyl sites for hydroxylation is 3. The Labute approximate surface area is 193 Å². The molecule has 0 aliphatic heterocycles. The zero-order valence-corrected chi connectivity index (χ0v) is 19.2. The van der Waals surface area contributed by atoms with Crippen molar-refractivity contribution in [2.24, 2.45) is 0 Å². The van der Waals surface area contributed by atoms with Gasteiger partial charge < -0.3 is 14.8 Å². The Bertz CT molecular complexity index is 1340. The monoisotopic (exact) mass is 469 g/mol. The normalized spacial score (nSPS) is 11.1. The summed E-state index contributed by atoms with van der Waals surface area (Å²) >= 11 is 1.29. The summed E-state index contributed by atoms with van der Waals surface area (Å²) in [6, 6.07) is 11.5. The highest BCUT2D eigenvalue weighted by Gasteiger charge is 2.20. The number of methoxy groups -OCH3 is 1. The third kappa shape index (κ3) is 4.63. The number of thiophene rings is 1. The maximum Gasteiger partial charge on any atom is 0.387 e. The van der Waals surface area contributed by atoms with E-state index in [9.17, 15) is 13.6 Å². The van der Waals surface area contributed by atoms with Gasteiger partial charge in [-0.1, -0.05) is 12.1 Å². The van der Waals surface area contributed by atoms with Crippen molar-refractivity contribution < 1.29 is 23.0 Å². The molecule has 6 nitrogen and oxygen atoms in total. The summed E-state index contributed by atoms with van der Waals surface area (Å²) in [5, 5.41) is 3.73. The first-order valence-electron chi connectivity index (χ1n) is 10.1. The van der Waals surface area contributed by atoms with Crippen LogP contribution in [0, 0.1) is 20.8 Å². The molecule has 0 spiro atoms. The number of carbonyl (C=O) groups is 1. The fraction of sp³-hybridized carbons (Fsp3) is 0.208. The molecule has 0 atom stereocenters. The van der Waals surface area contributed by atoms with E-state index in [1.54, 1.807) is 37.4 Å². The second kappa shape index (κ2) is 9.11. The van der Waals surface area contributed by atoms with Gasteiger partial charge in [-0.2, -0.15) is 8.78 Å². The van der Waals surface area contributed by atoms with Crippen LogP contribution in [-0.4, -0.2) is 29.6 Å². The van der Waals surface area contributed by atoms with Gasteiger partial charge in [0, 0.05) is 22.3 Å². The van der Waals surface area contributed by atoms with E-state index in [-0.39, 0.29) is 11.7 Å². The van der Waals surface area contributed by atoms with E-state index in [0.717, 1.165) is 21.5 Å². The molecule has 2 heterocycles. The van der Waals surface area contributed by atoms with E-state index >= 15 is 0 Å². The number of benzene rings is 2. The first-order valence-corrected chi connectivity index (χ1v) is 10.9. The Kier molecular flexibility index (Phi) is 6.24. The molecule has 0 aliphatic carbocycles. The van der Waals surface area contributed by atoms with E-state index in [0.29, 0.717) is 33.3 Å². The number of aromatic nitrogens is 2. The first kappa shape index (κ1) is 22.6. The SMILES string of the molecule is COc1ccc(-c2cc(NC(=O)c3sc4nc(C)nc(C)c4c3C)ccc2OC(F)F)cc1. The minimum Gasteiger partial charge on any atom is -0.497 e. The quantitative estimate of drug-likeness (QED) is 0.367. The van der Waals surface area contributed by atoms with E-state index in [1.807, 2.05) is 20.8 Å². The Balaban J connectivity index is 1.69. The second-order valence-corrected chi connectivity index (χ2v) is 8.36. The average Bonchev–Trinajstić information content (AvgIpc) is 3.11. The third-order valence-electron chi connectivity index (χ3n) is 5.14. The molecule has 1 amide bonds. The van der Waals surface area contributed by atoms with E-state index < -0.39 is 6.61 Å². The van der Waals surface area contributed by atoms with Gasteiger partial charge in [-0.25, -0.2) is 9.97 Å². The fourth-order valence-corrected chi connectivity index (χ4v) is 4.85. The van der Waals surface area contributed by atoms with Crippen LogP contribution in [-0.2, 0) is 0 Å². The van der Waals surface area contributed by atoms with Crippen LogP contribution in [0.2, 0.25) is 0 Å². The predicted molar refractivity (Wildman–Crippen MR) is 125 cm³/mol. The van der Waals surface area contributed by atoms with Gasteiger partial charge in [-0.05, 0) is 62.2 Å². The van der Waals surface area contributed by atoms with Crippen molar-refractivity contribution in [1.29, 1.82) is 0 Å². The molecule has 2 aromatic carbocycles. The summed E-state index contributed by atoms with van der Waals surface area (Å²) in [4.78, 5) is 23.2. The van der Waals surface area contributed by atoms with Crippen molar-refractivity contribution in [2.45, 2.75) is 27.4 Å². The van der Waals surface area contributed by atoms with Crippen LogP contribution >= 0.6 is 11.3 Å². The number of carbonyl (C=O) groups excluding carboxylic acids is 1. The first-order chi connectivity index (χ1) is 15.8. The number of hydrogen-bond acceptors (Lipinski definition) is 6. The highest BCUT2D eigenvalue weighted by atomic mass is 32.1. The number of fused-ring (bicyclic) bond motifs is 1. The van der Waals surface area contributed by atoms with Crippen molar-refractivity contribution in [3.8, 4) is 22.6 Å². The Hall–Kier alpha value is -3.59. The van der Waals surface area contributed by atoms with Crippen molar-refractivity contribution in [3.05, 3.63) is 64.4 Å². The minimum atomic E-state index is -2.98. The number of rotatable bonds is 6. The van der Waals surface area contributed by atoms with Gasteiger partial charge in [0.1, 0.15) is 22.2 Å². The van der Waals surface area contributed by atoms with E-state index in [1.165, 1.54) is 23.5 Å². The molecule has 0 aliphatic rings. The molecule has 4 rings (SSSR count). The molecule has 1 N–H and O–H groups in total. The molecule has 0 radical (unpaired) electrons. The lowest BCUT2D eigenvalue weighted by Gasteiger charge is -2.14. The van der Waals surface area contributed by atoms with Crippen LogP contribution in [0.3, 0.4) is 0 Å². The van der Waals surface area contributed by atoms with Crippen LogP contribution in [0.5, 0.6) is 11.5 Å². The Morgan fingerprint density at radius 3 is 2.45 bits per heavy atom. The summed E-state index contributed by atoms with van der Waals surface area (Å²) in [6.45, 7) is 2.59. The highest BCUT2D eigenvalue weighted by Crippen LogP contribution is 2.36. The number of hydrogen-bond donors (Lipinski definition) is 1. The van der Waals surface area contributed by atoms with Gasteiger partial charge in [0.15, 0.2) is 0 Å². The van der Waals surface area contributed by atoms with Crippen molar-refractivity contribution in [1.82, 2.24) is 9.97 Å². The molecule has 0 unspecified atom stereocenters. The Morgan fingerprint density at radius 1 is 1.06 bits per heavy atom. The van der Waals surface area contributed by atoms with Gasteiger partial charge >= 0.3 is 6.61 Å². The van der Waals surface area contributed by atoms with Gasteiger partial charge in [0.2, 0.25) is 0 Å². The summed E-state index contributed by atoms with van der Waals surface area (Å²) in [5.41, 5.74) is 3.13. The number of nitrogens with zero attached hydrogens (tertiary/aromatic N) is 2. The third-order valence-corrected chi connectivity index (χ3v) is 6.33. The average molecular weight is 470 g/mol. The lowest BCUT2D eigenvalue weighted by atomic mass is 10.0. The lowest BCUT2D eigenvalue weighted by molar-refractivity contribution is -0.0494. The maximum atomic E-state index is 13.1. The van der Waals surface area contributed by atoms with Crippen LogP contribution in [0.1, 0.15) is 26.8 Å². The van der Waals surface area contributed by atoms with Crippen LogP contribution < -0.4 is 14.8 Å². The maximum absolute atomic E-state index is 13.1. The lowest BCUT2D eigenvalue weighted by Crippen LogP contribution is -2.12. The van der Waals surface area contributed by atoms with Crippen LogP contribution in [0.15, 0.2) is 42.5 Å². The number of halogens is 2. The van der Waals surface area contributed by atoms with Gasteiger partial charge in [0.25, 0.3) is 5.91 Å². The molecule has 0 saturated heterocycles. The topological polar surface area (TPSA) is 73.3 Å². The molecule has 9 heteroatoms. The molecule has 33 heavy (non-hydrogen) atoms. The predicted octanol–water partition coefficient (Wildman–Crippen LogP) is 6.15. The fourth-order valence-electron chi connectivity index (χ4n) is 3.68. The molecule has 0 fully saturated rings. The van der Waals surface area contributed by atoms with E-state index in [4.69, 9.17) is 9.47 Å². The molecule has 0 bridgehead atoms. The van der Waals surface area contributed by atoms with Gasteiger partial charge in [0.05, 0.1) is 12.0 Å². The van der Waals surface area contributed by atoms with Crippen molar-refractivity contribution in [2.75, 3.05) is 12.4 Å². The largest absolute Gasteiger partial charge is 0.497 e. The summed E-state index contributed by atoms with van der Waals surface area (Å²) < 4.78 is 35.8. The van der Waals surface area contributed by atoms with Crippen LogP contribution in [0.25, 0.3) is 21.3 Å². The molecular weight excluding hydrogens is 448 g/mol. The number of nitrogens with one attached hydrogen (secondary N) is 1. The molecular formula is C24H21F2N3O3S. The smallest absolute Gasteiger partial charge is 0.387 e. The zero-order valence-electron chi connectivity index (χ0n) is 18.4. The zero-order chi connectivity index (χ0) is 23.7. The number of alkyl halides is 2. The summed E-state index contributed by atoms with van der Waals surface area (Å²) in [5.74, 6) is 0.976. The molecule has 170 valence electrons. The highest BCUT2D eigenvalue weighted by molar-refractivity contribution is 7.20. The van der Waals surface area contributed by atoms with E-state index in [2.05, 4.69) is 15.3 Å². The molecule has 2 aromatic heterocycles. The summed E-state index contributed by atoms with van der Waals surface area (Å²) in [7, 11) is 1.54.